The molecule has 0 radical (unpaired) electrons. The Hall–Kier alpha value is -2.44. The van der Waals surface area contributed by atoms with E-state index in [1.807, 2.05) is 44.0 Å². The maximum Gasteiger partial charge on any atom is 0.233 e. The molecule has 0 aromatic carbocycles. The Labute approximate surface area is 141 Å². The van der Waals surface area contributed by atoms with E-state index in [4.69, 9.17) is 4.74 Å². The van der Waals surface area contributed by atoms with Crippen molar-refractivity contribution in [3.63, 3.8) is 0 Å². The second-order valence-electron chi connectivity index (χ2n) is 7.04. The quantitative estimate of drug-likeness (QED) is 0.862. The van der Waals surface area contributed by atoms with Crippen molar-refractivity contribution < 1.29 is 9.53 Å². The minimum Gasteiger partial charge on any atom is -0.473 e. The Balaban J connectivity index is 1.54. The summed E-state index contributed by atoms with van der Waals surface area (Å²) in [6.45, 7) is 7.30. The lowest BCUT2D eigenvalue weighted by atomic mass is 9.93. The van der Waals surface area contributed by atoms with Crippen LogP contribution in [0.15, 0.2) is 30.6 Å². The summed E-state index contributed by atoms with van der Waals surface area (Å²) in [4.78, 5) is 14.2. The van der Waals surface area contributed by atoms with Crippen molar-refractivity contribution in [2.45, 2.75) is 39.7 Å². The van der Waals surface area contributed by atoms with Crippen molar-refractivity contribution in [3.8, 4) is 11.7 Å². The fourth-order valence-corrected chi connectivity index (χ4v) is 2.72. The van der Waals surface area contributed by atoms with E-state index < -0.39 is 0 Å². The first-order chi connectivity index (χ1) is 11.4. The van der Waals surface area contributed by atoms with Gasteiger partial charge in [0, 0.05) is 49.8 Å². The van der Waals surface area contributed by atoms with Crippen molar-refractivity contribution in [2.75, 3.05) is 13.1 Å². The number of hydrogen-bond acceptors (Lipinski definition) is 5. The number of carbonyl (C=O) groups is 1. The van der Waals surface area contributed by atoms with Crippen LogP contribution in [-0.2, 0) is 4.79 Å². The van der Waals surface area contributed by atoms with Crippen LogP contribution in [0, 0.1) is 5.41 Å². The third kappa shape index (κ3) is 3.72. The van der Waals surface area contributed by atoms with Crippen molar-refractivity contribution in [1.82, 2.24) is 24.9 Å². The fourth-order valence-electron chi connectivity index (χ4n) is 2.72. The highest BCUT2D eigenvalue weighted by molar-refractivity contribution is 5.81. The molecule has 0 saturated carbocycles. The number of piperidine rings is 1. The average Bonchev–Trinajstić information content (AvgIpc) is 3.09. The van der Waals surface area contributed by atoms with Crippen LogP contribution >= 0.6 is 0 Å². The molecular weight excluding hydrogens is 306 g/mol. The number of carbonyl (C=O) groups excluding carboxylic acids is 1. The highest BCUT2D eigenvalue weighted by Crippen LogP contribution is 2.22. The minimum absolute atomic E-state index is 0.0684. The van der Waals surface area contributed by atoms with E-state index in [1.165, 1.54) is 0 Å². The number of amides is 1. The second kappa shape index (κ2) is 6.59. The summed E-state index contributed by atoms with van der Waals surface area (Å²) in [7, 11) is 0. The average molecular weight is 329 g/mol. The molecule has 128 valence electrons. The van der Waals surface area contributed by atoms with E-state index >= 15 is 0 Å². The first-order valence-corrected chi connectivity index (χ1v) is 8.23. The van der Waals surface area contributed by atoms with Gasteiger partial charge in [0.2, 0.25) is 11.8 Å². The molecule has 0 bridgehead atoms. The first-order valence-electron chi connectivity index (χ1n) is 8.23. The molecule has 3 rings (SSSR count). The van der Waals surface area contributed by atoms with Crippen molar-refractivity contribution in [3.05, 3.63) is 30.6 Å². The normalized spacial score (nSPS) is 16.2. The van der Waals surface area contributed by atoms with E-state index in [2.05, 4.69) is 15.3 Å². The van der Waals surface area contributed by atoms with Gasteiger partial charge in [-0.2, -0.15) is 5.10 Å². The van der Waals surface area contributed by atoms with E-state index in [9.17, 15) is 4.79 Å². The molecule has 2 aromatic heterocycles. The molecule has 2 aromatic rings. The van der Waals surface area contributed by atoms with Crippen LogP contribution in [0.2, 0.25) is 0 Å². The van der Waals surface area contributed by atoms with Gasteiger partial charge in [-0.1, -0.05) is 20.8 Å². The number of ether oxygens (including phenoxy) is 1. The molecule has 3 heterocycles. The van der Waals surface area contributed by atoms with Crippen molar-refractivity contribution in [1.29, 1.82) is 0 Å². The molecule has 0 unspecified atom stereocenters. The number of nitrogens with zero attached hydrogens (tertiary/aromatic N) is 5. The summed E-state index contributed by atoms with van der Waals surface area (Å²) >= 11 is 0. The van der Waals surface area contributed by atoms with E-state index in [1.54, 1.807) is 16.9 Å². The lowest BCUT2D eigenvalue weighted by Crippen LogP contribution is -2.46. The van der Waals surface area contributed by atoms with Gasteiger partial charge in [-0.15, -0.1) is 10.2 Å². The van der Waals surface area contributed by atoms with Gasteiger partial charge >= 0.3 is 0 Å². The summed E-state index contributed by atoms with van der Waals surface area (Å²) in [6.07, 6.45) is 5.19. The van der Waals surface area contributed by atoms with Crippen LogP contribution in [0.3, 0.4) is 0 Å². The number of likely N-dealkylation sites (tertiary alicyclic amines) is 1. The monoisotopic (exact) mass is 329 g/mol. The Bertz CT molecular complexity index is 668. The third-order valence-electron chi connectivity index (χ3n) is 4.02. The van der Waals surface area contributed by atoms with Crippen molar-refractivity contribution >= 4 is 5.91 Å². The van der Waals surface area contributed by atoms with Gasteiger partial charge in [-0.3, -0.25) is 4.79 Å². The maximum atomic E-state index is 12.3. The summed E-state index contributed by atoms with van der Waals surface area (Å²) in [5.41, 5.74) is -0.332. The minimum atomic E-state index is -0.332. The predicted molar refractivity (Wildman–Crippen MR) is 88.8 cm³/mol. The van der Waals surface area contributed by atoms with Crippen LogP contribution in [0.1, 0.15) is 33.6 Å². The van der Waals surface area contributed by atoms with Crippen molar-refractivity contribution in [2.24, 2.45) is 5.41 Å². The zero-order valence-corrected chi connectivity index (χ0v) is 14.3. The second-order valence-corrected chi connectivity index (χ2v) is 7.04. The van der Waals surface area contributed by atoms with Gasteiger partial charge < -0.3 is 9.64 Å². The van der Waals surface area contributed by atoms with Gasteiger partial charge in [0.15, 0.2) is 5.82 Å². The van der Waals surface area contributed by atoms with E-state index in [0.29, 0.717) is 11.7 Å². The van der Waals surface area contributed by atoms with Gasteiger partial charge in [0.25, 0.3) is 0 Å². The highest BCUT2D eigenvalue weighted by atomic mass is 16.5. The smallest absolute Gasteiger partial charge is 0.233 e. The molecule has 7 heteroatoms. The first kappa shape index (κ1) is 16.4. The molecule has 1 aliphatic heterocycles. The molecule has 0 spiro atoms. The molecule has 0 aliphatic carbocycles. The van der Waals surface area contributed by atoms with E-state index in [0.717, 1.165) is 25.9 Å². The summed E-state index contributed by atoms with van der Waals surface area (Å²) in [5.74, 6) is 1.36. The Morgan fingerprint density at radius 1 is 1.21 bits per heavy atom. The number of aromatic nitrogens is 4. The summed E-state index contributed by atoms with van der Waals surface area (Å²) in [5, 5.41) is 12.3. The Morgan fingerprint density at radius 3 is 2.50 bits per heavy atom. The maximum absolute atomic E-state index is 12.3. The SMILES string of the molecule is CC(C)(C)C(=O)N1CCC(Oc2ccc(-n3cccn3)nn2)CC1. The molecule has 0 N–H and O–H groups in total. The lowest BCUT2D eigenvalue weighted by molar-refractivity contribution is -0.141. The number of rotatable bonds is 3. The molecule has 0 atom stereocenters. The van der Waals surface area contributed by atoms with Gasteiger partial charge in [0.1, 0.15) is 6.10 Å². The zero-order chi connectivity index (χ0) is 17.2. The van der Waals surface area contributed by atoms with Gasteiger partial charge in [-0.25, -0.2) is 4.68 Å². The van der Waals surface area contributed by atoms with Crippen LogP contribution in [0.4, 0.5) is 0 Å². The zero-order valence-electron chi connectivity index (χ0n) is 14.3. The molecule has 1 aliphatic rings. The van der Waals surface area contributed by atoms with Crippen LogP contribution in [0.25, 0.3) is 5.82 Å². The molecule has 1 saturated heterocycles. The largest absolute Gasteiger partial charge is 0.473 e. The van der Waals surface area contributed by atoms with Gasteiger partial charge in [-0.05, 0) is 12.1 Å². The molecule has 24 heavy (non-hydrogen) atoms. The van der Waals surface area contributed by atoms with Crippen LogP contribution in [-0.4, -0.2) is 50.0 Å². The predicted octanol–water partition coefficient (Wildman–Crippen LogP) is 2.08. The third-order valence-corrected chi connectivity index (χ3v) is 4.02. The Morgan fingerprint density at radius 2 is 1.96 bits per heavy atom. The molecule has 7 nitrogen and oxygen atoms in total. The topological polar surface area (TPSA) is 73.1 Å². The molecule has 1 fully saturated rings. The molecule has 1 amide bonds. The summed E-state index contributed by atoms with van der Waals surface area (Å²) in [6, 6.07) is 5.46. The highest BCUT2D eigenvalue weighted by Gasteiger charge is 2.30. The molecular formula is C17H23N5O2. The standard InChI is InChI=1S/C17H23N5O2/c1-17(2,3)16(23)21-11-7-13(8-12-21)24-15-6-5-14(19-20-15)22-10-4-9-18-22/h4-6,9-10,13H,7-8,11-12H2,1-3H3. The lowest BCUT2D eigenvalue weighted by Gasteiger charge is -2.35. The van der Waals surface area contributed by atoms with Crippen LogP contribution < -0.4 is 4.74 Å². The Kier molecular flexibility index (Phi) is 4.51. The van der Waals surface area contributed by atoms with Crippen LogP contribution in [0.5, 0.6) is 5.88 Å². The number of hydrogen-bond donors (Lipinski definition) is 0. The fraction of sp³-hybridized carbons (Fsp3) is 0.529. The van der Waals surface area contributed by atoms with Gasteiger partial charge in [0.05, 0.1) is 0 Å². The van der Waals surface area contributed by atoms with E-state index in [-0.39, 0.29) is 17.4 Å². The summed E-state index contributed by atoms with van der Waals surface area (Å²) < 4.78 is 7.55.